The predicted molar refractivity (Wildman–Crippen MR) is 33.1 cm³/mol. The highest BCUT2D eigenvalue weighted by Gasteiger charge is 2.10. The van der Waals surface area contributed by atoms with Crippen molar-refractivity contribution < 1.29 is 15.1 Å². The van der Waals surface area contributed by atoms with Gasteiger partial charge in [-0.05, 0) is 0 Å². The third-order valence-electron chi connectivity index (χ3n) is 0.622. The number of carboxylic acid groups (broad SMARTS) is 1. The molecule has 0 amide bonds. The SMILES string of the molecule is O=C(O)[C@H](C=S)NNO. The van der Waals surface area contributed by atoms with Gasteiger partial charge in [-0.25, -0.2) is 5.43 Å². The minimum atomic E-state index is -1.15. The summed E-state index contributed by atoms with van der Waals surface area (Å²) >= 11 is 4.30. The molecule has 1 atom stereocenters. The van der Waals surface area contributed by atoms with Crippen LogP contribution in [0.4, 0.5) is 0 Å². The van der Waals surface area contributed by atoms with Crippen molar-refractivity contribution in [3.63, 3.8) is 0 Å². The lowest BCUT2D eigenvalue weighted by Crippen LogP contribution is -2.44. The summed E-state index contributed by atoms with van der Waals surface area (Å²) in [7, 11) is 0. The van der Waals surface area contributed by atoms with Gasteiger partial charge in [0.15, 0.2) is 0 Å². The maximum absolute atomic E-state index is 10.0. The van der Waals surface area contributed by atoms with E-state index >= 15 is 0 Å². The third kappa shape index (κ3) is 3.09. The van der Waals surface area contributed by atoms with Gasteiger partial charge < -0.3 is 10.3 Å². The van der Waals surface area contributed by atoms with Crippen molar-refractivity contribution in [3.8, 4) is 0 Å². The van der Waals surface area contributed by atoms with Crippen LogP contribution in [0.25, 0.3) is 0 Å². The Labute approximate surface area is 56.6 Å². The second-order valence-corrected chi connectivity index (χ2v) is 1.48. The maximum atomic E-state index is 10.0. The van der Waals surface area contributed by atoms with Crippen LogP contribution < -0.4 is 11.0 Å². The number of thiocarbonyl (C=S) groups is 1. The molecule has 9 heavy (non-hydrogen) atoms. The summed E-state index contributed by atoms with van der Waals surface area (Å²) in [6, 6.07) is -1.04. The number of carbonyl (C=O) groups is 1. The minimum Gasteiger partial charge on any atom is -0.480 e. The third-order valence-corrected chi connectivity index (χ3v) is 0.894. The van der Waals surface area contributed by atoms with E-state index in [2.05, 4.69) is 12.2 Å². The molecule has 5 nitrogen and oxygen atoms in total. The first kappa shape index (κ1) is 8.44. The number of hydrazine groups is 1. The van der Waals surface area contributed by atoms with Crippen LogP contribution in [0.3, 0.4) is 0 Å². The molecule has 0 fully saturated rings. The molecule has 0 radical (unpaired) electrons. The van der Waals surface area contributed by atoms with E-state index in [1.807, 2.05) is 5.43 Å². The Hall–Kier alpha value is -0.560. The zero-order valence-corrected chi connectivity index (χ0v) is 5.18. The van der Waals surface area contributed by atoms with Gasteiger partial charge >= 0.3 is 5.97 Å². The van der Waals surface area contributed by atoms with Gasteiger partial charge in [0, 0.05) is 5.37 Å². The first-order valence-corrected chi connectivity index (χ1v) is 2.52. The van der Waals surface area contributed by atoms with Gasteiger partial charge in [0.25, 0.3) is 0 Å². The molecule has 6 heteroatoms. The fourth-order valence-electron chi connectivity index (χ4n) is 0.224. The van der Waals surface area contributed by atoms with Crippen LogP contribution in [0, 0.1) is 0 Å². The number of aliphatic carboxylic acids is 1. The lowest BCUT2D eigenvalue weighted by atomic mass is 10.4. The number of nitrogens with one attached hydrogen (secondary N) is 2. The lowest BCUT2D eigenvalue weighted by Gasteiger charge is -2.04. The van der Waals surface area contributed by atoms with Crippen LogP contribution in [0.2, 0.25) is 0 Å². The Balaban J connectivity index is 3.68. The summed E-state index contributed by atoms with van der Waals surface area (Å²) in [5.74, 6) is -1.15. The van der Waals surface area contributed by atoms with Gasteiger partial charge in [0.1, 0.15) is 6.04 Å². The number of carboxylic acids is 1. The second kappa shape index (κ2) is 4.33. The number of hydrogen-bond acceptors (Lipinski definition) is 5. The van der Waals surface area contributed by atoms with E-state index in [4.69, 9.17) is 10.3 Å². The first-order valence-electron chi connectivity index (χ1n) is 2.05. The van der Waals surface area contributed by atoms with Crippen LogP contribution in [-0.4, -0.2) is 27.7 Å². The summed E-state index contributed by atoms with van der Waals surface area (Å²) in [5.41, 5.74) is 3.45. The van der Waals surface area contributed by atoms with Crippen molar-refractivity contribution in [1.82, 2.24) is 11.0 Å². The van der Waals surface area contributed by atoms with E-state index < -0.39 is 12.0 Å². The summed E-state index contributed by atoms with van der Waals surface area (Å²) in [5, 5.41) is 17.1. The van der Waals surface area contributed by atoms with Crippen molar-refractivity contribution >= 4 is 23.6 Å². The highest BCUT2D eigenvalue weighted by atomic mass is 32.1. The summed E-state index contributed by atoms with van der Waals surface area (Å²) in [6.45, 7) is 0. The zero-order chi connectivity index (χ0) is 7.28. The standard InChI is InChI=1S/C3H6N2O3S/c6-3(7)2(1-9)4-5-8/h1-2,4-5,8H,(H,6,7)/t2-/m0/s1. The quantitative estimate of drug-likeness (QED) is 0.301. The van der Waals surface area contributed by atoms with Crippen LogP contribution in [0.1, 0.15) is 0 Å². The van der Waals surface area contributed by atoms with E-state index in [1.165, 1.54) is 5.59 Å². The molecule has 0 saturated heterocycles. The smallest absolute Gasteiger partial charge is 0.326 e. The van der Waals surface area contributed by atoms with Crippen molar-refractivity contribution in [2.24, 2.45) is 0 Å². The Bertz CT molecular complexity index is 118. The molecule has 0 aliphatic rings. The fourth-order valence-corrected chi connectivity index (χ4v) is 0.408. The summed E-state index contributed by atoms with van der Waals surface area (Å²) in [4.78, 5) is 10.0. The van der Waals surface area contributed by atoms with Gasteiger partial charge in [-0.1, -0.05) is 12.2 Å². The highest BCUT2D eigenvalue weighted by Crippen LogP contribution is 1.75. The van der Waals surface area contributed by atoms with Gasteiger partial charge in [-0.3, -0.25) is 4.79 Å². The molecule has 0 unspecified atom stereocenters. The number of hydrogen-bond donors (Lipinski definition) is 4. The maximum Gasteiger partial charge on any atom is 0.326 e. The predicted octanol–water partition coefficient (Wildman–Crippen LogP) is -1.08. The second-order valence-electron chi connectivity index (χ2n) is 1.21. The van der Waals surface area contributed by atoms with Crippen molar-refractivity contribution in [2.75, 3.05) is 0 Å². The zero-order valence-electron chi connectivity index (χ0n) is 4.37. The van der Waals surface area contributed by atoms with E-state index in [-0.39, 0.29) is 0 Å². The van der Waals surface area contributed by atoms with E-state index in [0.29, 0.717) is 0 Å². The Morgan fingerprint density at radius 1 is 1.78 bits per heavy atom. The molecule has 0 heterocycles. The largest absolute Gasteiger partial charge is 0.480 e. The van der Waals surface area contributed by atoms with Crippen LogP contribution >= 0.6 is 12.2 Å². The molecular weight excluding hydrogens is 144 g/mol. The minimum absolute atomic E-state index is 0.978. The van der Waals surface area contributed by atoms with E-state index in [9.17, 15) is 4.79 Å². The van der Waals surface area contributed by atoms with Gasteiger partial charge in [-0.15, -0.1) is 5.59 Å². The molecular formula is C3H6N2O3S. The number of rotatable bonds is 4. The van der Waals surface area contributed by atoms with Crippen molar-refractivity contribution in [1.29, 1.82) is 0 Å². The molecule has 0 aliphatic heterocycles. The molecule has 0 spiro atoms. The molecule has 0 aliphatic carbocycles. The Kier molecular flexibility index (Phi) is 4.06. The lowest BCUT2D eigenvalue weighted by molar-refractivity contribution is -0.138. The summed E-state index contributed by atoms with van der Waals surface area (Å²) in [6.07, 6.45) is 0. The van der Waals surface area contributed by atoms with Crippen molar-refractivity contribution in [3.05, 3.63) is 0 Å². The van der Waals surface area contributed by atoms with E-state index in [1.54, 1.807) is 0 Å². The normalized spacial score (nSPS) is 12.6. The topological polar surface area (TPSA) is 81.6 Å². The van der Waals surface area contributed by atoms with Crippen LogP contribution in [0.5, 0.6) is 0 Å². The average molecular weight is 150 g/mol. The first-order chi connectivity index (χ1) is 4.22. The Morgan fingerprint density at radius 2 is 2.33 bits per heavy atom. The fraction of sp³-hybridized carbons (Fsp3) is 0.333. The summed E-state index contributed by atoms with van der Waals surface area (Å²) < 4.78 is 0. The van der Waals surface area contributed by atoms with Crippen LogP contribution in [-0.2, 0) is 4.79 Å². The van der Waals surface area contributed by atoms with Gasteiger partial charge in [0.05, 0.1) is 0 Å². The molecule has 52 valence electrons. The molecule has 0 saturated carbocycles. The molecule has 0 aromatic rings. The monoisotopic (exact) mass is 150 g/mol. The van der Waals surface area contributed by atoms with Crippen LogP contribution in [0.15, 0.2) is 0 Å². The molecule has 0 rings (SSSR count). The molecule has 4 N–H and O–H groups in total. The molecule has 0 aromatic carbocycles. The van der Waals surface area contributed by atoms with Gasteiger partial charge in [-0.2, -0.15) is 0 Å². The molecule has 0 bridgehead atoms. The Morgan fingerprint density at radius 3 is 2.44 bits per heavy atom. The highest BCUT2D eigenvalue weighted by molar-refractivity contribution is 7.79. The molecule has 0 aromatic heterocycles. The van der Waals surface area contributed by atoms with Gasteiger partial charge in [0.2, 0.25) is 0 Å². The van der Waals surface area contributed by atoms with Crippen molar-refractivity contribution in [2.45, 2.75) is 6.04 Å². The average Bonchev–Trinajstić information content (AvgIpc) is 1.82. The van der Waals surface area contributed by atoms with E-state index in [0.717, 1.165) is 5.37 Å².